The summed E-state index contributed by atoms with van der Waals surface area (Å²) in [7, 11) is 2.11. The molecule has 0 saturated carbocycles. The van der Waals surface area contributed by atoms with Crippen molar-refractivity contribution in [3.63, 3.8) is 0 Å². The van der Waals surface area contributed by atoms with Crippen LogP contribution in [-0.2, 0) is 0 Å². The van der Waals surface area contributed by atoms with Crippen molar-refractivity contribution in [3.8, 4) is 0 Å². The molecule has 1 nitrogen and oxygen atoms in total. The zero-order valence-electron chi connectivity index (χ0n) is 6.86. The van der Waals surface area contributed by atoms with E-state index in [4.69, 9.17) is 0 Å². The molecule has 0 aromatic carbocycles. The van der Waals surface area contributed by atoms with Crippen molar-refractivity contribution in [2.75, 3.05) is 20.1 Å². The fourth-order valence-corrected chi connectivity index (χ4v) is 0.224. The van der Waals surface area contributed by atoms with Gasteiger partial charge in [-0.1, -0.05) is 42.5 Å². The van der Waals surface area contributed by atoms with Gasteiger partial charge in [0.2, 0.25) is 0 Å². The second-order valence-electron chi connectivity index (χ2n) is 1.49. The predicted octanol–water partition coefficient (Wildman–Crippen LogP) is 3.26. The molecular formula is C9H27N. The summed E-state index contributed by atoms with van der Waals surface area (Å²) in [6.45, 7) is 10.6. The molecule has 10 heavy (non-hydrogen) atoms. The molecule has 0 aliphatic carbocycles. The van der Waals surface area contributed by atoms with Gasteiger partial charge in [-0.05, 0) is 20.1 Å². The number of hydrogen-bond donors (Lipinski definition) is 0. The van der Waals surface area contributed by atoms with Crippen LogP contribution in [0.5, 0.6) is 0 Å². The summed E-state index contributed by atoms with van der Waals surface area (Å²) in [4.78, 5) is 2.25. The Morgan fingerprint density at radius 2 is 1.10 bits per heavy atom. The summed E-state index contributed by atoms with van der Waals surface area (Å²) in [5, 5.41) is 0. The lowest BCUT2D eigenvalue weighted by Crippen LogP contribution is -2.15. The van der Waals surface area contributed by atoms with E-state index in [-0.39, 0.29) is 14.9 Å². The maximum Gasteiger partial charge on any atom is -0.00504 e. The van der Waals surface area contributed by atoms with Crippen molar-refractivity contribution in [2.45, 2.75) is 42.5 Å². The SMILES string of the molecule is C.C.CC.CCN(C)CC. The first-order chi connectivity index (χ1) is 3.81. The average molecular weight is 149 g/mol. The zero-order valence-corrected chi connectivity index (χ0v) is 6.86. The third-order valence-corrected chi connectivity index (χ3v) is 1.08. The van der Waals surface area contributed by atoms with E-state index in [2.05, 4.69) is 25.8 Å². The smallest absolute Gasteiger partial charge is 0.00504 e. The summed E-state index contributed by atoms with van der Waals surface area (Å²) in [6.07, 6.45) is 0. The van der Waals surface area contributed by atoms with E-state index in [9.17, 15) is 0 Å². The highest BCUT2D eigenvalue weighted by Gasteiger charge is 1.81. The van der Waals surface area contributed by atoms with E-state index in [0.717, 1.165) is 13.1 Å². The van der Waals surface area contributed by atoms with E-state index in [1.54, 1.807) is 0 Å². The molecule has 0 unspecified atom stereocenters. The third kappa shape index (κ3) is 24.6. The monoisotopic (exact) mass is 149 g/mol. The van der Waals surface area contributed by atoms with Crippen LogP contribution in [0.25, 0.3) is 0 Å². The minimum Gasteiger partial charge on any atom is -0.307 e. The molecule has 0 fully saturated rings. The lowest BCUT2D eigenvalue weighted by Gasteiger charge is -2.07. The summed E-state index contributed by atoms with van der Waals surface area (Å²) in [5.41, 5.74) is 0. The molecule has 0 N–H and O–H groups in total. The second kappa shape index (κ2) is 23.1. The van der Waals surface area contributed by atoms with Crippen LogP contribution in [0.3, 0.4) is 0 Å². The van der Waals surface area contributed by atoms with Crippen LogP contribution in [0, 0.1) is 0 Å². The number of rotatable bonds is 2. The molecule has 1 heteroatoms. The van der Waals surface area contributed by atoms with Gasteiger partial charge >= 0.3 is 0 Å². The van der Waals surface area contributed by atoms with Crippen molar-refractivity contribution in [3.05, 3.63) is 0 Å². The first-order valence-corrected chi connectivity index (χ1v) is 3.49. The summed E-state index contributed by atoms with van der Waals surface area (Å²) in [5.74, 6) is 0. The van der Waals surface area contributed by atoms with Gasteiger partial charge in [0.1, 0.15) is 0 Å². The minimum atomic E-state index is 0. The van der Waals surface area contributed by atoms with E-state index in [0.29, 0.717) is 0 Å². The Bertz CT molecular complexity index is 23.9. The summed E-state index contributed by atoms with van der Waals surface area (Å²) >= 11 is 0. The standard InChI is InChI=1S/C5H13N.C2H6.2CH4/c1-4-6(3)5-2;1-2;;/h4-5H2,1-3H3;1-2H3;2*1H4. The molecule has 0 heterocycles. The zero-order chi connectivity index (χ0) is 6.99. The van der Waals surface area contributed by atoms with Crippen molar-refractivity contribution in [2.24, 2.45) is 0 Å². The average Bonchev–Trinajstić information content (AvgIpc) is 1.91. The van der Waals surface area contributed by atoms with Gasteiger partial charge in [0.25, 0.3) is 0 Å². The van der Waals surface area contributed by atoms with Crippen molar-refractivity contribution >= 4 is 0 Å². The Kier molecular flexibility index (Phi) is 51.9. The Balaban J connectivity index is -0.0000000412. The fourth-order valence-electron chi connectivity index (χ4n) is 0.224. The Morgan fingerprint density at radius 1 is 0.900 bits per heavy atom. The topological polar surface area (TPSA) is 3.24 Å². The van der Waals surface area contributed by atoms with Crippen LogP contribution in [0.4, 0.5) is 0 Å². The summed E-state index contributed by atoms with van der Waals surface area (Å²) in [6, 6.07) is 0. The van der Waals surface area contributed by atoms with E-state index < -0.39 is 0 Å². The molecular weight excluding hydrogens is 122 g/mol. The van der Waals surface area contributed by atoms with Gasteiger partial charge < -0.3 is 4.90 Å². The molecule has 0 atom stereocenters. The van der Waals surface area contributed by atoms with E-state index in [1.165, 1.54) is 0 Å². The minimum absolute atomic E-state index is 0. The van der Waals surface area contributed by atoms with Crippen LogP contribution >= 0.6 is 0 Å². The third-order valence-electron chi connectivity index (χ3n) is 1.08. The normalized spacial score (nSPS) is 6.60. The van der Waals surface area contributed by atoms with Gasteiger partial charge in [-0.15, -0.1) is 0 Å². The van der Waals surface area contributed by atoms with Gasteiger partial charge in [-0.3, -0.25) is 0 Å². The van der Waals surface area contributed by atoms with Gasteiger partial charge in [0.05, 0.1) is 0 Å². The first-order valence-electron chi connectivity index (χ1n) is 3.49. The largest absolute Gasteiger partial charge is 0.307 e. The predicted molar refractivity (Wildman–Crippen MR) is 53.7 cm³/mol. The van der Waals surface area contributed by atoms with E-state index in [1.807, 2.05) is 13.8 Å². The molecule has 0 aliphatic heterocycles. The molecule has 0 aliphatic rings. The van der Waals surface area contributed by atoms with Crippen molar-refractivity contribution < 1.29 is 0 Å². The summed E-state index contributed by atoms with van der Waals surface area (Å²) < 4.78 is 0. The Morgan fingerprint density at radius 3 is 1.10 bits per heavy atom. The molecule has 0 rings (SSSR count). The molecule has 0 bridgehead atoms. The molecule has 0 amide bonds. The first kappa shape index (κ1) is 22.5. The number of nitrogens with zero attached hydrogens (tertiary/aromatic N) is 1. The van der Waals surface area contributed by atoms with Gasteiger partial charge in [-0.25, -0.2) is 0 Å². The van der Waals surface area contributed by atoms with Crippen LogP contribution in [0.15, 0.2) is 0 Å². The van der Waals surface area contributed by atoms with Gasteiger partial charge in [0.15, 0.2) is 0 Å². The number of hydrogen-bond acceptors (Lipinski definition) is 1. The highest BCUT2D eigenvalue weighted by atomic mass is 15.1. The fraction of sp³-hybridized carbons (Fsp3) is 1.00. The van der Waals surface area contributed by atoms with E-state index >= 15 is 0 Å². The lowest BCUT2D eigenvalue weighted by molar-refractivity contribution is 0.373. The Labute approximate surface area is 68.4 Å². The molecule has 0 aromatic heterocycles. The second-order valence-corrected chi connectivity index (χ2v) is 1.49. The van der Waals surface area contributed by atoms with Gasteiger partial charge in [-0.2, -0.15) is 0 Å². The highest BCUT2D eigenvalue weighted by molar-refractivity contribution is 4.36. The van der Waals surface area contributed by atoms with Crippen LogP contribution < -0.4 is 0 Å². The Hall–Kier alpha value is -0.0400. The highest BCUT2D eigenvalue weighted by Crippen LogP contribution is 1.73. The molecule has 68 valence electrons. The van der Waals surface area contributed by atoms with Crippen molar-refractivity contribution in [1.82, 2.24) is 4.90 Å². The van der Waals surface area contributed by atoms with Crippen molar-refractivity contribution in [1.29, 1.82) is 0 Å². The maximum absolute atomic E-state index is 2.25. The molecule has 0 spiro atoms. The quantitative estimate of drug-likeness (QED) is 0.582. The lowest BCUT2D eigenvalue weighted by atomic mass is 10.6. The van der Waals surface area contributed by atoms with Crippen LogP contribution in [0.2, 0.25) is 0 Å². The maximum atomic E-state index is 2.25. The molecule has 0 radical (unpaired) electrons. The van der Waals surface area contributed by atoms with Gasteiger partial charge in [0, 0.05) is 0 Å². The van der Waals surface area contributed by atoms with Crippen LogP contribution in [-0.4, -0.2) is 25.0 Å². The van der Waals surface area contributed by atoms with Crippen LogP contribution in [0.1, 0.15) is 42.5 Å². The molecule has 0 saturated heterocycles. The molecule has 0 aromatic rings.